The molecule has 0 spiro atoms. The Hall–Kier alpha value is -1.86. The van der Waals surface area contributed by atoms with Crippen molar-refractivity contribution in [3.8, 4) is 11.5 Å². The molecule has 1 N–H and O–H groups in total. The van der Waals surface area contributed by atoms with Crippen molar-refractivity contribution < 1.29 is 9.47 Å². The fourth-order valence-electron chi connectivity index (χ4n) is 2.63. The largest absolute Gasteiger partial charge is 0.370 e. The molecule has 0 amide bonds. The van der Waals surface area contributed by atoms with E-state index in [0.717, 1.165) is 30.3 Å². The molecule has 1 aliphatic heterocycles. The van der Waals surface area contributed by atoms with Gasteiger partial charge in [0, 0.05) is 46.3 Å². The Labute approximate surface area is 117 Å². The monoisotopic (exact) mass is 277 g/mol. The number of aryl methyl sites for hydroxylation is 1. The van der Waals surface area contributed by atoms with Gasteiger partial charge in [-0.25, -0.2) is 9.67 Å². The fourth-order valence-corrected chi connectivity index (χ4v) is 2.63. The van der Waals surface area contributed by atoms with Crippen molar-refractivity contribution in [2.75, 3.05) is 26.1 Å². The van der Waals surface area contributed by atoms with Gasteiger partial charge < -0.3 is 19.4 Å². The van der Waals surface area contributed by atoms with Crippen LogP contribution in [0.5, 0.6) is 0 Å². The van der Waals surface area contributed by atoms with Gasteiger partial charge in [0.2, 0.25) is 0 Å². The van der Waals surface area contributed by atoms with Crippen LogP contribution >= 0.6 is 0 Å². The first-order valence-corrected chi connectivity index (χ1v) is 6.61. The topological polar surface area (TPSA) is 66.1 Å². The lowest BCUT2D eigenvalue weighted by Gasteiger charge is -2.30. The van der Waals surface area contributed by atoms with Crippen LogP contribution in [0, 0.1) is 0 Å². The predicted octanol–water partition coefficient (Wildman–Crippen LogP) is 1.26. The van der Waals surface area contributed by atoms with Gasteiger partial charge in [0.25, 0.3) is 0 Å². The van der Waals surface area contributed by atoms with Gasteiger partial charge in [0.1, 0.15) is 17.6 Å². The molecule has 3 heterocycles. The molecule has 2 aromatic rings. The van der Waals surface area contributed by atoms with Gasteiger partial charge in [0.15, 0.2) is 12.1 Å². The van der Waals surface area contributed by atoms with Crippen molar-refractivity contribution in [3.05, 3.63) is 18.5 Å². The zero-order valence-electron chi connectivity index (χ0n) is 11.9. The molecule has 0 bridgehead atoms. The zero-order valence-corrected chi connectivity index (χ0v) is 11.9. The van der Waals surface area contributed by atoms with E-state index in [0.29, 0.717) is 0 Å². The van der Waals surface area contributed by atoms with Gasteiger partial charge in [-0.2, -0.15) is 5.10 Å². The summed E-state index contributed by atoms with van der Waals surface area (Å²) in [5, 5.41) is 8.01. The van der Waals surface area contributed by atoms with E-state index >= 15 is 0 Å². The first kappa shape index (κ1) is 13.1. The van der Waals surface area contributed by atoms with Crippen LogP contribution in [0.1, 0.15) is 12.5 Å². The highest BCUT2D eigenvalue weighted by Gasteiger charge is 2.29. The minimum Gasteiger partial charge on any atom is -0.370 e. The summed E-state index contributed by atoms with van der Waals surface area (Å²) < 4.78 is 14.7. The molecule has 0 aliphatic carbocycles. The van der Waals surface area contributed by atoms with Crippen molar-refractivity contribution in [1.29, 1.82) is 0 Å². The van der Waals surface area contributed by atoms with Crippen LogP contribution in [0.25, 0.3) is 11.5 Å². The molecule has 1 atom stereocenters. The molecule has 0 fully saturated rings. The normalized spacial score (nSPS) is 18.1. The smallest absolute Gasteiger partial charge is 0.179 e. The van der Waals surface area contributed by atoms with Gasteiger partial charge in [0.05, 0.1) is 0 Å². The molecule has 0 saturated carbocycles. The van der Waals surface area contributed by atoms with Crippen LogP contribution in [0.4, 0.5) is 5.82 Å². The maximum atomic E-state index is 5.39. The summed E-state index contributed by atoms with van der Waals surface area (Å²) in [7, 11) is 5.26. The molecular formula is C13H19N5O2. The number of imidazole rings is 1. The maximum absolute atomic E-state index is 5.39. The summed E-state index contributed by atoms with van der Waals surface area (Å²) in [5.74, 6) is 1.82. The minimum absolute atomic E-state index is 0.0651. The lowest BCUT2D eigenvalue weighted by atomic mass is 10.1. The highest BCUT2D eigenvalue weighted by atomic mass is 16.7. The summed E-state index contributed by atoms with van der Waals surface area (Å²) in [4.78, 5) is 4.34. The van der Waals surface area contributed by atoms with E-state index in [1.807, 2.05) is 28.6 Å². The first-order valence-electron chi connectivity index (χ1n) is 6.61. The molecule has 1 aliphatic rings. The predicted molar refractivity (Wildman–Crippen MR) is 74.4 cm³/mol. The molecule has 1 unspecified atom stereocenters. The number of hydrogen-bond donors (Lipinski definition) is 1. The standard InChI is InChI=1S/C13H19N5O2/c1-17-7-6-15-12(17)9-8-11-14-5-4-10(18(11)16-9)13(19-2)20-3/h6-8,10,13-14H,4-5H2,1-3H3. The number of anilines is 1. The lowest BCUT2D eigenvalue weighted by Crippen LogP contribution is -2.34. The number of methoxy groups -OCH3 is 2. The lowest BCUT2D eigenvalue weighted by molar-refractivity contribution is -0.135. The van der Waals surface area contributed by atoms with Crippen LogP contribution in [-0.2, 0) is 16.5 Å². The second kappa shape index (κ2) is 5.26. The number of nitrogens with zero attached hydrogens (tertiary/aromatic N) is 4. The third-order valence-corrected chi connectivity index (χ3v) is 3.63. The van der Waals surface area contributed by atoms with Crippen LogP contribution in [0.15, 0.2) is 18.5 Å². The Kier molecular flexibility index (Phi) is 3.45. The quantitative estimate of drug-likeness (QED) is 0.852. The Bertz CT molecular complexity index is 587. The van der Waals surface area contributed by atoms with Gasteiger partial charge in [-0.1, -0.05) is 0 Å². The Morgan fingerprint density at radius 1 is 1.40 bits per heavy atom. The summed E-state index contributed by atoms with van der Waals surface area (Å²) >= 11 is 0. The zero-order chi connectivity index (χ0) is 14.1. The summed E-state index contributed by atoms with van der Waals surface area (Å²) in [6.07, 6.45) is 4.28. The van der Waals surface area contributed by atoms with Crippen molar-refractivity contribution >= 4 is 5.82 Å². The Morgan fingerprint density at radius 2 is 2.20 bits per heavy atom. The molecule has 108 valence electrons. The van der Waals surface area contributed by atoms with Gasteiger partial charge in [-0.05, 0) is 6.42 Å². The van der Waals surface area contributed by atoms with Crippen LogP contribution in [0.3, 0.4) is 0 Å². The summed E-state index contributed by atoms with van der Waals surface area (Å²) in [5.41, 5.74) is 0.845. The molecule has 20 heavy (non-hydrogen) atoms. The number of nitrogens with one attached hydrogen (secondary N) is 1. The molecule has 0 aromatic carbocycles. The number of ether oxygens (including phenoxy) is 2. The average molecular weight is 277 g/mol. The number of hydrogen-bond acceptors (Lipinski definition) is 5. The number of fused-ring (bicyclic) bond motifs is 1. The van der Waals surface area contributed by atoms with Crippen molar-refractivity contribution in [2.45, 2.75) is 18.8 Å². The van der Waals surface area contributed by atoms with Gasteiger partial charge in [-0.3, -0.25) is 0 Å². The second-order valence-electron chi connectivity index (χ2n) is 4.84. The highest BCUT2D eigenvalue weighted by Crippen LogP contribution is 2.30. The highest BCUT2D eigenvalue weighted by molar-refractivity contribution is 5.57. The van der Waals surface area contributed by atoms with E-state index in [2.05, 4.69) is 15.4 Å². The van der Waals surface area contributed by atoms with Crippen molar-refractivity contribution in [2.24, 2.45) is 7.05 Å². The Balaban J connectivity index is 1.98. The van der Waals surface area contributed by atoms with Gasteiger partial charge in [-0.15, -0.1) is 0 Å². The fraction of sp³-hybridized carbons (Fsp3) is 0.538. The molecule has 7 heteroatoms. The summed E-state index contributed by atoms with van der Waals surface area (Å²) in [6.45, 7) is 0.875. The van der Waals surface area contributed by atoms with Crippen LogP contribution in [0.2, 0.25) is 0 Å². The number of rotatable bonds is 4. The van der Waals surface area contributed by atoms with E-state index < -0.39 is 0 Å². The van der Waals surface area contributed by atoms with Crippen LogP contribution < -0.4 is 5.32 Å². The second-order valence-corrected chi connectivity index (χ2v) is 4.84. The Morgan fingerprint density at radius 3 is 2.85 bits per heavy atom. The van der Waals surface area contributed by atoms with E-state index in [-0.39, 0.29) is 12.3 Å². The minimum atomic E-state index is -0.301. The molecule has 7 nitrogen and oxygen atoms in total. The maximum Gasteiger partial charge on any atom is 0.179 e. The SMILES string of the molecule is COC(OC)C1CCNc2cc(-c3nccn3C)nn21. The van der Waals surface area contributed by atoms with Crippen molar-refractivity contribution in [1.82, 2.24) is 19.3 Å². The van der Waals surface area contributed by atoms with E-state index in [1.165, 1.54) is 0 Å². The first-order chi connectivity index (χ1) is 9.74. The van der Waals surface area contributed by atoms with Crippen LogP contribution in [-0.4, -0.2) is 46.4 Å². The molecule has 0 radical (unpaired) electrons. The number of aromatic nitrogens is 4. The molecule has 3 rings (SSSR count). The van der Waals surface area contributed by atoms with E-state index in [4.69, 9.17) is 9.47 Å². The van der Waals surface area contributed by atoms with E-state index in [9.17, 15) is 0 Å². The molecule has 2 aromatic heterocycles. The van der Waals surface area contributed by atoms with Gasteiger partial charge >= 0.3 is 0 Å². The average Bonchev–Trinajstić information content (AvgIpc) is 3.06. The van der Waals surface area contributed by atoms with E-state index in [1.54, 1.807) is 20.4 Å². The van der Waals surface area contributed by atoms with Crippen molar-refractivity contribution in [3.63, 3.8) is 0 Å². The third-order valence-electron chi connectivity index (χ3n) is 3.63. The molecular weight excluding hydrogens is 258 g/mol. The molecule has 0 saturated heterocycles. The third kappa shape index (κ3) is 2.08. The summed E-state index contributed by atoms with van der Waals surface area (Å²) in [6, 6.07) is 2.08.